The number of benzene rings is 3. The number of rotatable bonds is 13. The summed E-state index contributed by atoms with van der Waals surface area (Å²) in [6.45, 7) is 17.0. The second-order valence-corrected chi connectivity index (χ2v) is 22.7. The number of aliphatic hydroxyl groups excluding tert-OH is 1. The van der Waals surface area contributed by atoms with Crippen LogP contribution in [0.15, 0.2) is 77.3 Å². The van der Waals surface area contributed by atoms with Crippen molar-refractivity contribution in [1.29, 1.82) is 5.26 Å². The third-order valence-corrected chi connectivity index (χ3v) is 16.1. The maximum atomic E-state index is 14.1. The minimum atomic E-state index is -0.935. The molecule has 4 aliphatic rings. The molecule has 8 rings (SSSR count). The second-order valence-electron chi connectivity index (χ2n) is 21.9. The first-order valence-electron chi connectivity index (χ1n) is 25.5. The van der Waals surface area contributed by atoms with Gasteiger partial charge in [-0.05, 0) is 106 Å². The molecule has 0 radical (unpaired) electrons. The molecule has 4 amide bonds. The van der Waals surface area contributed by atoms with E-state index in [-0.39, 0.29) is 71.9 Å². The summed E-state index contributed by atoms with van der Waals surface area (Å²) >= 11 is 12.5. The van der Waals surface area contributed by atoms with E-state index in [1.165, 1.54) is 4.90 Å². The van der Waals surface area contributed by atoms with Crippen LogP contribution in [0.2, 0.25) is 10.0 Å². The molecule has 3 aromatic carbocycles. The number of nitrogens with one attached hydrogen (secondary N) is 2. The topological polar surface area (TPSA) is 181 Å². The fourth-order valence-electron chi connectivity index (χ4n) is 11.9. The third-order valence-electron chi connectivity index (χ3n) is 15.6. The van der Waals surface area contributed by atoms with Crippen LogP contribution in [0.4, 0.5) is 0 Å². The summed E-state index contributed by atoms with van der Waals surface area (Å²) in [7, 11) is 0. The zero-order valence-corrected chi connectivity index (χ0v) is 44.3. The maximum absolute atomic E-state index is 14.1. The number of halogens is 2. The Morgan fingerprint density at radius 2 is 1.59 bits per heavy atom. The molecule has 4 unspecified atom stereocenters. The van der Waals surface area contributed by atoms with Gasteiger partial charge in [-0.3, -0.25) is 19.2 Å². The van der Waals surface area contributed by atoms with E-state index in [1.807, 2.05) is 43.0 Å². The van der Waals surface area contributed by atoms with E-state index in [0.717, 1.165) is 44.3 Å². The van der Waals surface area contributed by atoms with Gasteiger partial charge in [-0.25, -0.2) is 0 Å². The van der Waals surface area contributed by atoms with Crippen molar-refractivity contribution in [3.8, 4) is 23.7 Å². The number of aryl methyl sites for hydroxylation is 1. The average molecular weight is 1030 g/mol. The summed E-state index contributed by atoms with van der Waals surface area (Å²) in [6, 6.07) is 21.9. The lowest BCUT2D eigenvalue weighted by Gasteiger charge is -2.63. The second kappa shape index (κ2) is 22.3. The maximum Gasteiger partial charge on any atom is 0.251 e. The van der Waals surface area contributed by atoms with Crippen LogP contribution in [0.1, 0.15) is 131 Å². The van der Waals surface area contributed by atoms with Gasteiger partial charge in [-0.2, -0.15) is 5.26 Å². The van der Waals surface area contributed by atoms with Crippen molar-refractivity contribution in [3.63, 3.8) is 0 Å². The molecule has 4 atom stereocenters. The zero-order valence-electron chi connectivity index (χ0n) is 42.8. The van der Waals surface area contributed by atoms with E-state index < -0.39 is 30.0 Å². The van der Waals surface area contributed by atoms with Gasteiger partial charge in [0.15, 0.2) is 0 Å². The first kappa shape index (κ1) is 53.4. The lowest BCUT2D eigenvalue weighted by Crippen LogP contribution is -2.74. The van der Waals surface area contributed by atoms with E-state index in [0.29, 0.717) is 63.1 Å². The first-order chi connectivity index (χ1) is 34.7. The Morgan fingerprint density at radius 1 is 0.918 bits per heavy atom. The van der Waals surface area contributed by atoms with Crippen LogP contribution in [-0.4, -0.2) is 112 Å². The number of hydrogen-bond acceptors (Lipinski definition) is 10. The number of β-amino-alcohol motifs (C(OH)–C–C–N with tert-alkyl or cyclic N) is 1. The standard InChI is InChI=1S/C57H67Cl2N7O7/c1-34(2)50(48-28-35(3)63-73-48)53(71)66-33-43(67)29-47(66)52(70)61-46(38-14-17-41(58)18-15-38)31-49(68)65-26-22-42(23-27-65)64-24-20-37(21-25-64)9-8-36-10-12-39(13-11-36)51(69)62-54-56(4,5)55(57(54,6)7)72-44-19-16-40(32-60)45(59)30-44/h10-19,28,30,34,37,42-43,46-47,50,54-55,67H,20-27,29,31,33H2,1-7H3,(H,61,70)(H,62,69). The van der Waals surface area contributed by atoms with E-state index in [4.69, 9.17) is 32.5 Å². The Hall–Kier alpha value is -5.90. The third kappa shape index (κ3) is 11.9. The average Bonchev–Trinajstić information content (AvgIpc) is 3.99. The highest BCUT2D eigenvalue weighted by atomic mass is 35.5. The molecule has 0 bridgehead atoms. The highest BCUT2D eigenvalue weighted by Gasteiger charge is 2.64. The van der Waals surface area contributed by atoms with Crippen LogP contribution in [0.5, 0.6) is 5.75 Å². The Balaban J connectivity index is 0.803. The minimum absolute atomic E-state index is 0.00875. The number of aliphatic hydroxyl groups is 1. The molecule has 4 heterocycles. The normalized spacial score (nSPS) is 22.8. The SMILES string of the molecule is Cc1cc(C(C(=O)N2CC(O)CC2C(=O)NC(CC(=O)N2CCC(N3CCC(C#Cc4ccc(C(=O)NC5C(C)(C)C(Oc6ccc(C#N)c(Cl)c6)C5(C)C)cc4)CC3)CC2)c2ccc(Cl)cc2)C(C)C)on1. The molecule has 1 saturated carbocycles. The lowest BCUT2D eigenvalue weighted by molar-refractivity contribution is -0.164. The van der Waals surface area contributed by atoms with Gasteiger partial charge in [0.2, 0.25) is 17.7 Å². The molecule has 4 fully saturated rings. The van der Waals surface area contributed by atoms with Gasteiger partial charge < -0.3 is 39.7 Å². The number of ether oxygens (including phenoxy) is 1. The summed E-state index contributed by atoms with van der Waals surface area (Å²) in [5.41, 5.74) is 2.42. The van der Waals surface area contributed by atoms with Crippen molar-refractivity contribution in [2.45, 2.75) is 129 Å². The van der Waals surface area contributed by atoms with Crippen molar-refractivity contribution >= 4 is 46.8 Å². The molecule has 16 heteroatoms. The molecule has 4 aromatic rings. The Bertz CT molecular complexity index is 2740. The van der Waals surface area contributed by atoms with Gasteiger partial charge in [0.25, 0.3) is 5.91 Å². The predicted molar refractivity (Wildman–Crippen MR) is 279 cm³/mol. The van der Waals surface area contributed by atoms with Crippen molar-refractivity contribution in [3.05, 3.63) is 117 Å². The monoisotopic (exact) mass is 1030 g/mol. The zero-order chi connectivity index (χ0) is 52.4. The molecule has 14 nitrogen and oxygen atoms in total. The fourth-order valence-corrected chi connectivity index (χ4v) is 12.2. The molecule has 73 heavy (non-hydrogen) atoms. The Morgan fingerprint density at radius 3 is 2.19 bits per heavy atom. The Kier molecular flexibility index (Phi) is 16.3. The van der Waals surface area contributed by atoms with Crippen LogP contribution >= 0.6 is 23.2 Å². The smallest absolute Gasteiger partial charge is 0.251 e. The summed E-state index contributed by atoms with van der Waals surface area (Å²) in [5.74, 6) is 6.28. The first-order valence-corrected chi connectivity index (χ1v) is 26.3. The molecular weight excluding hydrogens is 966 g/mol. The van der Waals surface area contributed by atoms with Crippen molar-refractivity contribution in [2.75, 3.05) is 32.7 Å². The quantitative estimate of drug-likeness (QED) is 0.110. The molecule has 1 aromatic heterocycles. The van der Waals surface area contributed by atoms with E-state index >= 15 is 0 Å². The number of nitriles is 1. The van der Waals surface area contributed by atoms with Gasteiger partial charge in [-0.1, -0.05) is 93.9 Å². The van der Waals surface area contributed by atoms with Gasteiger partial charge in [0.05, 0.1) is 34.8 Å². The Labute approximate surface area is 439 Å². The number of carbonyl (C=O) groups is 4. The number of carbonyl (C=O) groups excluding carboxylic acids is 4. The van der Waals surface area contributed by atoms with Gasteiger partial charge in [-0.15, -0.1) is 0 Å². The molecule has 0 spiro atoms. The molecule has 3 saturated heterocycles. The predicted octanol–water partition coefficient (Wildman–Crippen LogP) is 8.48. The van der Waals surface area contributed by atoms with Crippen molar-refractivity contribution in [2.24, 2.45) is 22.7 Å². The summed E-state index contributed by atoms with van der Waals surface area (Å²) < 4.78 is 11.9. The fraction of sp³-hybridized carbons (Fsp3) is 0.509. The van der Waals surface area contributed by atoms with E-state index in [1.54, 1.807) is 55.5 Å². The number of likely N-dealkylation sites (tertiary alicyclic amines) is 3. The van der Waals surface area contributed by atoms with Crippen LogP contribution in [0.3, 0.4) is 0 Å². The summed E-state index contributed by atoms with van der Waals surface area (Å²) in [5, 5.41) is 31.2. The molecular formula is C57H67Cl2N7O7. The van der Waals surface area contributed by atoms with E-state index in [9.17, 15) is 29.5 Å². The lowest BCUT2D eigenvalue weighted by atomic mass is 9.49. The highest BCUT2D eigenvalue weighted by Crippen LogP contribution is 2.55. The number of piperidine rings is 2. The highest BCUT2D eigenvalue weighted by molar-refractivity contribution is 6.31. The number of amides is 4. The minimum Gasteiger partial charge on any atom is -0.489 e. The van der Waals surface area contributed by atoms with Crippen LogP contribution in [-0.2, 0) is 14.4 Å². The van der Waals surface area contributed by atoms with Gasteiger partial charge >= 0.3 is 0 Å². The number of nitrogens with zero attached hydrogens (tertiary/aromatic N) is 5. The summed E-state index contributed by atoms with van der Waals surface area (Å²) in [6.07, 6.45) is 2.60. The molecule has 3 aliphatic heterocycles. The van der Waals surface area contributed by atoms with Crippen LogP contribution in [0.25, 0.3) is 0 Å². The molecule has 3 N–H and O–H groups in total. The summed E-state index contributed by atoms with van der Waals surface area (Å²) in [4.78, 5) is 61.6. The van der Waals surface area contributed by atoms with Crippen LogP contribution < -0.4 is 15.4 Å². The molecule has 1 aliphatic carbocycles. The van der Waals surface area contributed by atoms with Gasteiger partial charge in [0, 0.05) is 83.2 Å². The van der Waals surface area contributed by atoms with Crippen LogP contribution in [0, 0.1) is 52.8 Å². The van der Waals surface area contributed by atoms with Gasteiger partial charge in [0.1, 0.15) is 35.6 Å². The number of aromatic nitrogens is 1. The number of hydrogen-bond donors (Lipinski definition) is 3. The van der Waals surface area contributed by atoms with Crippen molar-refractivity contribution in [1.82, 2.24) is 30.5 Å². The van der Waals surface area contributed by atoms with Crippen molar-refractivity contribution < 1.29 is 33.5 Å². The van der Waals surface area contributed by atoms with E-state index in [2.05, 4.69) is 66.3 Å². The molecule has 386 valence electrons. The largest absolute Gasteiger partial charge is 0.489 e.